The number of carbonyl (C=O) groups excluding carboxylic acids is 1. The van der Waals surface area contributed by atoms with Gasteiger partial charge in [0.15, 0.2) is 0 Å². The molecule has 1 nitrogen and oxygen atoms in total. The van der Waals surface area contributed by atoms with Gasteiger partial charge in [0.05, 0.1) is 0 Å². The average Bonchev–Trinajstić information content (AvgIpc) is 2.09. The molecule has 0 N–H and O–H groups in total. The summed E-state index contributed by atoms with van der Waals surface area (Å²) in [7, 11) is 0. The van der Waals surface area contributed by atoms with Gasteiger partial charge < -0.3 is 4.79 Å². The maximum absolute atomic E-state index is 12.9. The Morgan fingerprint density at radius 2 is 1.92 bits per heavy atom. The Bertz CT molecular complexity index is 104. The van der Waals surface area contributed by atoms with E-state index in [4.69, 9.17) is 0 Å². The van der Waals surface area contributed by atoms with Crippen LogP contribution in [0.25, 0.3) is 0 Å². The van der Waals surface area contributed by atoms with Crippen molar-refractivity contribution in [1.29, 1.82) is 0 Å². The third-order valence-corrected chi connectivity index (χ3v) is 1.96. The first-order valence-corrected chi connectivity index (χ1v) is 4.89. The third kappa shape index (κ3) is 7.70. The number of rotatable bonds is 8. The van der Waals surface area contributed by atoms with Gasteiger partial charge in [-0.1, -0.05) is 26.2 Å². The predicted octanol–water partition coefficient (Wildman–Crippen LogP) is 3.27. The van der Waals surface area contributed by atoms with Crippen LogP contribution in [0.3, 0.4) is 0 Å². The Balaban J connectivity index is 3.07. The van der Waals surface area contributed by atoms with Gasteiger partial charge in [0.25, 0.3) is 0 Å². The summed E-state index contributed by atoms with van der Waals surface area (Å²) < 4.78 is 12.9. The molecule has 0 heterocycles. The monoisotopic (exact) mass is 174 g/mol. The summed E-state index contributed by atoms with van der Waals surface area (Å²) in [6.45, 7) is 2.07. The van der Waals surface area contributed by atoms with Crippen LogP contribution in [0.4, 0.5) is 4.39 Å². The van der Waals surface area contributed by atoms with Crippen LogP contribution in [-0.4, -0.2) is 12.5 Å². The zero-order valence-corrected chi connectivity index (χ0v) is 7.89. The lowest BCUT2D eigenvalue weighted by Crippen LogP contribution is -1.99. The summed E-state index contributed by atoms with van der Waals surface area (Å²) in [6.07, 6.45) is 5.91. The number of aldehydes is 1. The van der Waals surface area contributed by atoms with Crippen molar-refractivity contribution < 1.29 is 9.18 Å². The number of hydrogen-bond acceptors (Lipinski definition) is 1. The molecule has 0 saturated carbocycles. The van der Waals surface area contributed by atoms with E-state index in [1.807, 2.05) is 0 Å². The lowest BCUT2D eigenvalue weighted by molar-refractivity contribution is -0.107. The normalized spacial score (nSPS) is 12.8. The SMILES string of the molecule is CCCCC(F)CCCCC=O. The molecular weight excluding hydrogens is 155 g/mol. The lowest BCUT2D eigenvalue weighted by Gasteiger charge is -2.05. The molecular formula is C10H19FO. The molecule has 12 heavy (non-hydrogen) atoms. The number of unbranched alkanes of at least 4 members (excludes halogenated alkanes) is 3. The van der Waals surface area contributed by atoms with Gasteiger partial charge in [-0.15, -0.1) is 0 Å². The van der Waals surface area contributed by atoms with Crippen LogP contribution < -0.4 is 0 Å². The Morgan fingerprint density at radius 1 is 1.25 bits per heavy atom. The summed E-state index contributed by atoms with van der Waals surface area (Å²) in [5.74, 6) is 0. The average molecular weight is 174 g/mol. The first-order valence-electron chi connectivity index (χ1n) is 4.89. The highest BCUT2D eigenvalue weighted by atomic mass is 19.1. The number of carbonyl (C=O) groups is 1. The second kappa shape index (κ2) is 8.69. The zero-order valence-electron chi connectivity index (χ0n) is 7.89. The Morgan fingerprint density at radius 3 is 2.50 bits per heavy atom. The molecule has 0 aliphatic heterocycles. The van der Waals surface area contributed by atoms with Crippen LogP contribution in [0, 0.1) is 0 Å². The highest BCUT2D eigenvalue weighted by Gasteiger charge is 2.04. The molecule has 1 atom stereocenters. The van der Waals surface area contributed by atoms with E-state index < -0.39 is 6.17 Å². The molecule has 0 radical (unpaired) electrons. The van der Waals surface area contributed by atoms with Gasteiger partial charge in [-0.3, -0.25) is 0 Å². The number of halogens is 1. The zero-order chi connectivity index (χ0) is 9.23. The van der Waals surface area contributed by atoms with Crippen LogP contribution in [0.5, 0.6) is 0 Å². The van der Waals surface area contributed by atoms with Crippen LogP contribution in [0.2, 0.25) is 0 Å². The molecule has 0 rings (SSSR count). The van der Waals surface area contributed by atoms with Crippen molar-refractivity contribution in [2.45, 2.75) is 58.0 Å². The van der Waals surface area contributed by atoms with E-state index in [2.05, 4.69) is 6.92 Å². The number of alkyl halides is 1. The van der Waals surface area contributed by atoms with E-state index in [1.165, 1.54) is 0 Å². The molecule has 0 bridgehead atoms. The molecule has 0 saturated heterocycles. The summed E-state index contributed by atoms with van der Waals surface area (Å²) in [4.78, 5) is 9.93. The fraction of sp³-hybridized carbons (Fsp3) is 0.900. The van der Waals surface area contributed by atoms with E-state index in [0.717, 1.165) is 32.0 Å². The molecule has 1 unspecified atom stereocenters. The van der Waals surface area contributed by atoms with Crippen LogP contribution in [0.1, 0.15) is 51.9 Å². The van der Waals surface area contributed by atoms with Gasteiger partial charge in [0.2, 0.25) is 0 Å². The van der Waals surface area contributed by atoms with Crippen molar-refractivity contribution in [2.24, 2.45) is 0 Å². The van der Waals surface area contributed by atoms with E-state index in [-0.39, 0.29) is 0 Å². The molecule has 0 aliphatic carbocycles. The van der Waals surface area contributed by atoms with Crippen LogP contribution >= 0.6 is 0 Å². The minimum atomic E-state index is -0.642. The smallest absolute Gasteiger partial charge is 0.119 e. The number of hydrogen-bond donors (Lipinski definition) is 0. The Kier molecular flexibility index (Phi) is 8.40. The van der Waals surface area contributed by atoms with E-state index in [1.54, 1.807) is 0 Å². The summed E-state index contributed by atoms with van der Waals surface area (Å²) in [5, 5.41) is 0. The van der Waals surface area contributed by atoms with Crippen molar-refractivity contribution in [1.82, 2.24) is 0 Å². The molecule has 72 valence electrons. The van der Waals surface area contributed by atoms with Gasteiger partial charge >= 0.3 is 0 Å². The van der Waals surface area contributed by atoms with Gasteiger partial charge in [-0.05, 0) is 19.3 Å². The predicted molar refractivity (Wildman–Crippen MR) is 49.0 cm³/mol. The molecule has 0 aromatic rings. The standard InChI is InChI=1S/C10H19FO/c1-2-3-7-10(11)8-5-4-6-9-12/h9-10H,2-8H2,1H3. The summed E-state index contributed by atoms with van der Waals surface area (Å²) in [6, 6.07) is 0. The minimum Gasteiger partial charge on any atom is -0.303 e. The van der Waals surface area contributed by atoms with Crippen LogP contribution in [-0.2, 0) is 4.79 Å². The fourth-order valence-corrected chi connectivity index (χ4v) is 1.16. The first-order chi connectivity index (χ1) is 5.81. The molecule has 0 aromatic heterocycles. The van der Waals surface area contributed by atoms with Gasteiger partial charge in [0, 0.05) is 6.42 Å². The quantitative estimate of drug-likeness (QED) is 0.407. The topological polar surface area (TPSA) is 17.1 Å². The Hall–Kier alpha value is -0.400. The maximum atomic E-state index is 12.9. The highest BCUT2D eigenvalue weighted by Crippen LogP contribution is 2.12. The third-order valence-electron chi connectivity index (χ3n) is 1.96. The molecule has 0 amide bonds. The van der Waals surface area contributed by atoms with E-state index in [0.29, 0.717) is 19.3 Å². The molecule has 0 spiro atoms. The van der Waals surface area contributed by atoms with Crippen molar-refractivity contribution >= 4 is 6.29 Å². The van der Waals surface area contributed by atoms with Gasteiger partial charge in [0.1, 0.15) is 12.5 Å². The molecule has 0 fully saturated rings. The fourth-order valence-electron chi connectivity index (χ4n) is 1.16. The summed E-state index contributed by atoms with van der Waals surface area (Å²) in [5.41, 5.74) is 0. The van der Waals surface area contributed by atoms with Crippen molar-refractivity contribution in [3.05, 3.63) is 0 Å². The Labute approximate surface area is 74.4 Å². The van der Waals surface area contributed by atoms with Gasteiger partial charge in [-0.25, -0.2) is 4.39 Å². The largest absolute Gasteiger partial charge is 0.303 e. The van der Waals surface area contributed by atoms with Gasteiger partial charge in [-0.2, -0.15) is 0 Å². The van der Waals surface area contributed by atoms with E-state index in [9.17, 15) is 9.18 Å². The second-order valence-electron chi connectivity index (χ2n) is 3.19. The maximum Gasteiger partial charge on any atom is 0.119 e. The van der Waals surface area contributed by atoms with E-state index >= 15 is 0 Å². The highest BCUT2D eigenvalue weighted by molar-refractivity contribution is 5.48. The van der Waals surface area contributed by atoms with Crippen molar-refractivity contribution in [2.75, 3.05) is 0 Å². The molecule has 2 heteroatoms. The molecule has 0 aromatic carbocycles. The second-order valence-corrected chi connectivity index (χ2v) is 3.19. The lowest BCUT2D eigenvalue weighted by atomic mass is 10.1. The summed E-state index contributed by atoms with van der Waals surface area (Å²) >= 11 is 0. The van der Waals surface area contributed by atoms with Crippen molar-refractivity contribution in [3.8, 4) is 0 Å². The minimum absolute atomic E-state index is 0.584. The van der Waals surface area contributed by atoms with Crippen molar-refractivity contribution in [3.63, 3.8) is 0 Å². The molecule has 0 aliphatic rings. The van der Waals surface area contributed by atoms with Crippen LogP contribution in [0.15, 0.2) is 0 Å². The first kappa shape index (κ1) is 11.6.